The molecule has 4 rings (SSSR count). The van der Waals surface area contributed by atoms with E-state index in [9.17, 15) is 4.79 Å². The van der Waals surface area contributed by atoms with E-state index in [0.717, 1.165) is 0 Å². The lowest BCUT2D eigenvalue weighted by Crippen LogP contribution is -2.32. The van der Waals surface area contributed by atoms with E-state index in [2.05, 4.69) is 31.0 Å². The van der Waals surface area contributed by atoms with Gasteiger partial charge in [0.15, 0.2) is 17.3 Å². The van der Waals surface area contributed by atoms with Gasteiger partial charge in [-0.15, -0.1) is 0 Å². The Morgan fingerprint density at radius 1 is 1.11 bits per heavy atom. The molecule has 3 aromatic rings. The molecule has 0 bridgehead atoms. The van der Waals surface area contributed by atoms with Gasteiger partial charge in [-0.05, 0) is 18.2 Å². The Kier molecular flexibility index (Phi) is 5.18. The lowest BCUT2D eigenvalue weighted by molar-refractivity contribution is 0.171. The summed E-state index contributed by atoms with van der Waals surface area (Å²) in [6.45, 7) is 1.95. The molecule has 0 fully saturated rings. The van der Waals surface area contributed by atoms with Crippen molar-refractivity contribution in [2.75, 3.05) is 36.9 Å². The number of ether oxygens (including phenoxy) is 2. The summed E-state index contributed by atoms with van der Waals surface area (Å²) in [5.74, 6) is 2.62. The van der Waals surface area contributed by atoms with Crippen molar-refractivity contribution in [3.05, 3.63) is 49.1 Å². The van der Waals surface area contributed by atoms with Crippen molar-refractivity contribution in [3.63, 3.8) is 0 Å². The first-order valence-corrected chi connectivity index (χ1v) is 8.78. The van der Waals surface area contributed by atoms with E-state index in [0.29, 0.717) is 55.1 Å². The fourth-order valence-corrected chi connectivity index (χ4v) is 2.64. The van der Waals surface area contributed by atoms with Crippen LogP contribution in [0, 0.1) is 0 Å². The normalized spacial score (nSPS) is 12.3. The highest BCUT2D eigenvalue weighted by Gasteiger charge is 2.12. The Morgan fingerprint density at radius 2 is 2.00 bits per heavy atom. The summed E-state index contributed by atoms with van der Waals surface area (Å²) in [6.07, 6.45) is 4.94. The molecule has 0 saturated heterocycles. The van der Waals surface area contributed by atoms with Crippen LogP contribution in [0.4, 0.5) is 16.3 Å². The largest absolute Gasteiger partial charge is 0.486 e. The van der Waals surface area contributed by atoms with Crippen LogP contribution in [0.3, 0.4) is 0 Å². The summed E-state index contributed by atoms with van der Waals surface area (Å²) in [4.78, 5) is 20.4. The number of rotatable bonds is 6. The van der Waals surface area contributed by atoms with E-state index in [1.54, 1.807) is 41.3 Å². The Labute approximate surface area is 160 Å². The monoisotopic (exact) mass is 381 g/mol. The third kappa shape index (κ3) is 4.29. The quantitative estimate of drug-likeness (QED) is 0.556. The summed E-state index contributed by atoms with van der Waals surface area (Å²) in [7, 11) is 0. The van der Waals surface area contributed by atoms with Gasteiger partial charge in [0, 0.05) is 43.3 Å². The first kappa shape index (κ1) is 17.6. The maximum Gasteiger partial charge on any atom is 0.319 e. The van der Waals surface area contributed by atoms with E-state index in [1.165, 1.54) is 6.33 Å². The summed E-state index contributed by atoms with van der Waals surface area (Å²) in [5, 5.41) is 12.8. The van der Waals surface area contributed by atoms with Crippen LogP contribution in [0.1, 0.15) is 0 Å². The van der Waals surface area contributed by atoms with Crippen LogP contribution in [0.15, 0.2) is 49.1 Å². The molecule has 3 heterocycles. The highest BCUT2D eigenvalue weighted by molar-refractivity contribution is 5.89. The van der Waals surface area contributed by atoms with Gasteiger partial charge >= 0.3 is 6.03 Å². The number of anilines is 2. The van der Waals surface area contributed by atoms with Crippen molar-refractivity contribution >= 4 is 17.5 Å². The Hall–Kier alpha value is -3.82. The number of carbonyl (C=O) groups excluding carboxylic acids is 1. The molecule has 28 heavy (non-hydrogen) atoms. The van der Waals surface area contributed by atoms with Crippen LogP contribution in [0.2, 0.25) is 0 Å². The van der Waals surface area contributed by atoms with E-state index in [-0.39, 0.29) is 6.03 Å². The van der Waals surface area contributed by atoms with Gasteiger partial charge in [0.1, 0.15) is 25.4 Å². The predicted octanol–water partition coefficient (Wildman–Crippen LogP) is 1.67. The highest BCUT2D eigenvalue weighted by Crippen LogP contribution is 2.32. The number of carbonyl (C=O) groups is 1. The number of nitrogens with zero attached hydrogens (tertiary/aromatic N) is 4. The molecule has 1 aliphatic rings. The fourth-order valence-electron chi connectivity index (χ4n) is 2.64. The number of fused-ring (bicyclic) bond motifs is 1. The number of hydrogen-bond donors (Lipinski definition) is 3. The lowest BCUT2D eigenvalue weighted by atomic mass is 10.2. The second-order valence-electron chi connectivity index (χ2n) is 5.88. The SMILES string of the molecule is O=C(NCCNc1cc(-n2cccn2)ncn1)Nc1ccc2c(c1)OCCO2. The minimum Gasteiger partial charge on any atom is -0.486 e. The molecule has 3 N–H and O–H groups in total. The van der Waals surface area contributed by atoms with E-state index < -0.39 is 0 Å². The van der Waals surface area contributed by atoms with Crippen LogP contribution in [0.5, 0.6) is 11.5 Å². The number of nitrogens with one attached hydrogen (secondary N) is 3. The molecule has 2 aromatic heterocycles. The Balaban J connectivity index is 1.23. The summed E-state index contributed by atoms with van der Waals surface area (Å²) < 4.78 is 12.6. The highest BCUT2D eigenvalue weighted by atomic mass is 16.6. The van der Waals surface area contributed by atoms with Crippen molar-refractivity contribution in [2.24, 2.45) is 0 Å². The molecule has 10 heteroatoms. The second-order valence-corrected chi connectivity index (χ2v) is 5.88. The molecule has 1 aromatic carbocycles. The van der Waals surface area contributed by atoms with Crippen LogP contribution in [0.25, 0.3) is 5.82 Å². The van der Waals surface area contributed by atoms with E-state index >= 15 is 0 Å². The number of benzene rings is 1. The minimum absolute atomic E-state index is 0.307. The zero-order chi connectivity index (χ0) is 19.2. The van der Waals surface area contributed by atoms with Gasteiger partial charge in [0.05, 0.1) is 0 Å². The molecule has 10 nitrogen and oxygen atoms in total. The molecule has 144 valence electrons. The summed E-state index contributed by atoms with van der Waals surface area (Å²) in [6, 6.07) is 8.57. The lowest BCUT2D eigenvalue weighted by Gasteiger charge is -2.19. The third-order valence-electron chi connectivity index (χ3n) is 3.91. The van der Waals surface area contributed by atoms with Crippen molar-refractivity contribution in [3.8, 4) is 17.3 Å². The Bertz CT molecular complexity index is 946. The van der Waals surface area contributed by atoms with Crippen molar-refractivity contribution in [1.82, 2.24) is 25.1 Å². The Morgan fingerprint density at radius 3 is 2.86 bits per heavy atom. The maximum absolute atomic E-state index is 12.0. The predicted molar refractivity (Wildman–Crippen MR) is 102 cm³/mol. The molecule has 0 atom stereocenters. The van der Waals surface area contributed by atoms with Crippen LogP contribution < -0.4 is 25.4 Å². The van der Waals surface area contributed by atoms with Gasteiger partial charge < -0.3 is 25.4 Å². The smallest absolute Gasteiger partial charge is 0.319 e. The van der Waals surface area contributed by atoms with E-state index in [4.69, 9.17) is 9.47 Å². The third-order valence-corrected chi connectivity index (χ3v) is 3.91. The number of hydrogen-bond acceptors (Lipinski definition) is 7. The van der Waals surface area contributed by atoms with Gasteiger partial charge in [-0.25, -0.2) is 19.4 Å². The topological polar surface area (TPSA) is 115 Å². The zero-order valence-electron chi connectivity index (χ0n) is 15.0. The van der Waals surface area contributed by atoms with Gasteiger partial charge in [-0.3, -0.25) is 0 Å². The van der Waals surface area contributed by atoms with Crippen molar-refractivity contribution in [2.45, 2.75) is 0 Å². The van der Waals surface area contributed by atoms with Gasteiger partial charge in [0.2, 0.25) is 0 Å². The zero-order valence-corrected chi connectivity index (χ0v) is 15.0. The second kappa shape index (κ2) is 8.25. The molecule has 2 amide bonds. The van der Waals surface area contributed by atoms with E-state index in [1.807, 2.05) is 6.07 Å². The number of aromatic nitrogens is 4. The van der Waals surface area contributed by atoms with Crippen LogP contribution >= 0.6 is 0 Å². The molecule has 1 aliphatic heterocycles. The average Bonchev–Trinajstić information content (AvgIpc) is 3.26. The molecule has 0 spiro atoms. The van der Waals surface area contributed by atoms with Gasteiger partial charge in [0.25, 0.3) is 0 Å². The maximum atomic E-state index is 12.0. The summed E-state index contributed by atoms with van der Waals surface area (Å²) >= 11 is 0. The standard InChI is InChI=1S/C18H19N7O3/c26-18(24-13-2-3-14-15(10-13)28-9-8-27-14)20-6-5-19-16-11-17(22-12-21-16)25-7-1-4-23-25/h1-4,7,10-12H,5-6,8-9H2,(H,19,21,22)(H2,20,24,26). The first-order valence-electron chi connectivity index (χ1n) is 8.78. The van der Waals surface area contributed by atoms with Gasteiger partial charge in [-0.1, -0.05) is 0 Å². The molecule has 0 radical (unpaired) electrons. The molecule has 0 saturated carbocycles. The molecule has 0 unspecified atom stereocenters. The molecular weight excluding hydrogens is 362 g/mol. The van der Waals surface area contributed by atoms with Crippen molar-refractivity contribution in [1.29, 1.82) is 0 Å². The average molecular weight is 381 g/mol. The van der Waals surface area contributed by atoms with Crippen molar-refractivity contribution < 1.29 is 14.3 Å². The van der Waals surface area contributed by atoms with Crippen LogP contribution in [-0.4, -0.2) is 52.1 Å². The first-order chi connectivity index (χ1) is 13.8. The van der Waals surface area contributed by atoms with Gasteiger partial charge in [-0.2, -0.15) is 5.10 Å². The number of amides is 2. The molecule has 0 aliphatic carbocycles. The van der Waals surface area contributed by atoms with Crippen LogP contribution in [-0.2, 0) is 0 Å². The minimum atomic E-state index is -0.307. The fraction of sp³-hybridized carbons (Fsp3) is 0.222. The summed E-state index contributed by atoms with van der Waals surface area (Å²) in [5.41, 5.74) is 0.634. The molecular formula is C18H19N7O3. The number of urea groups is 1.